The second kappa shape index (κ2) is 4.68. The molecule has 0 aromatic heterocycles. The van der Waals surface area contributed by atoms with Crippen LogP contribution >= 0.6 is 0 Å². The number of rotatable bonds is 3. The third kappa shape index (κ3) is 3.83. The first-order valence-corrected chi connectivity index (χ1v) is 4.50. The van der Waals surface area contributed by atoms with Crippen molar-refractivity contribution in [1.82, 2.24) is 0 Å². The largest absolute Gasteiger partial charge is 0.391 e. The Morgan fingerprint density at radius 1 is 1.08 bits per heavy atom. The normalized spacial score (nSPS) is 20.2. The van der Waals surface area contributed by atoms with Crippen LogP contribution in [0.4, 0.5) is 13.2 Å². The lowest BCUT2D eigenvalue weighted by Crippen LogP contribution is -2.29. The second-order valence-electron chi connectivity index (χ2n) is 3.57. The molecule has 0 spiro atoms. The predicted molar refractivity (Wildman–Crippen MR) is 48.4 cm³/mol. The van der Waals surface area contributed by atoms with Crippen LogP contribution < -0.4 is 0 Å². The lowest BCUT2D eigenvalue weighted by molar-refractivity contribution is -0.184. The number of hydrogen-bond acceptors (Lipinski definition) is 0. The molecule has 0 heterocycles. The standard InChI is InChI=1S/C10H17F3/c1-5-6-7(2)8(3)9(4)10(11,12)13/h5-9H,1-4H3/b6-5-/t7?,8-,9-/m0/s1. The molecule has 3 atom stereocenters. The predicted octanol–water partition coefficient (Wildman–Crippen LogP) is 4.03. The number of alkyl halides is 3. The van der Waals surface area contributed by atoms with Crippen molar-refractivity contribution in [2.24, 2.45) is 17.8 Å². The Morgan fingerprint density at radius 2 is 1.54 bits per heavy atom. The average Bonchev–Trinajstić information content (AvgIpc) is 2.00. The lowest BCUT2D eigenvalue weighted by Gasteiger charge is -2.25. The summed E-state index contributed by atoms with van der Waals surface area (Å²) in [6.45, 7) is 6.52. The van der Waals surface area contributed by atoms with E-state index in [1.165, 1.54) is 6.92 Å². The van der Waals surface area contributed by atoms with Crippen LogP contribution in [0.3, 0.4) is 0 Å². The number of halogens is 3. The van der Waals surface area contributed by atoms with Gasteiger partial charge in [-0.1, -0.05) is 32.9 Å². The van der Waals surface area contributed by atoms with E-state index in [2.05, 4.69) is 0 Å². The molecule has 0 fully saturated rings. The van der Waals surface area contributed by atoms with Gasteiger partial charge >= 0.3 is 6.18 Å². The molecule has 78 valence electrons. The van der Waals surface area contributed by atoms with Crippen molar-refractivity contribution in [2.45, 2.75) is 33.9 Å². The summed E-state index contributed by atoms with van der Waals surface area (Å²) >= 11 is 0. The molecule has 0 saturated carbocycles. The van der Waals surface area contributed by atoms with E-state index in [0.717, 1.165) is 0 Å². The highest BCUT2D eigenvalue weighted by atomic mass is 19.4. The monoisotopic (exact) mass is 194 g/mol. The maximum atomic E-state index is 12.3. The van der Waals surface area contributed by atoms with E-state index in [4.69, 9.17) is 0 Å². The van der Waals surface area contributed by atoms with Crippen LogP contribution in [-0.2, 0) is 0 Å². The van der Waals surface area contributed by atoms with Crippen LogP contribution in [0.15, 0.2) is 12.2 Å². The Labute approximate surface area is 77.8 Å². The Morgan fingerprint density at radius 3 is 1.85 bits per heavy atom. The van der Waals surface area contributed by atoms with Crippen LogP contribution in [0.1, 0.15) is 27.7 Å². The fraction of sp³-hybridized carbons (Fsp3) is 0.800. The molecule has 0 amide bonds. The SMILES string of the molecule is C/C=C\C(C)[C@H](C)[C@H](C)C(F)(F)F. The molecule has 0 aromatic rings. The van der Waals surface area contributed by atoms with Crippen molar-refractivity contribution in [2.75, 3.05) is 0 Å². The summed E-state index contributed by atoms with van der Waals surface area (Å²) in [5, 5.41) is 0. The van der Waals surface area contributed by atoms with Crippen LogP contribution in [0, 0.1) is 17.8 Å². The molecule has 0 N–H and O–H groups in total. The van der Waals surface area contributed by atoms with Gasteiger partial charge in [0, 0.05) is 0 Å². The minimum atomic E-state index is -4.07. The van der Waals surface area contributed by atoms with Gasteiger partial charge in [-0.2, -0.15) is 13.2 Å². The van der Waals surface area contributed by atoms with Crippen LogP contribution in [0.25, 0.3) is 0 Å². The molecule has 0 nitrogen and oxygen atoms in total. The summed E-state index contributed by atoms with van der Waals surface area (Å²) in [7, 11) is 0. The van der Waals surface area contributed by atoms with E-state index >= 15 is 0 Å². The molecule has 0 aromatic carbocycles. The molecule has 0 rings (SSSR count). The van der Waals surface area contributed by atoms with Crippen LogP contribution in [0.5, 0.6) is 0 Å². The average molecular weight is 194 g/mol. The second-order valence-corrected chi connectivity index (χ2v) is 3.57. The molecule has 0 bridgehead atoms. The molecule has 0 saturated heterocycles. The van der Waals surface area contributed by atoms with Crippen molar-refractivity contribution in [3.05, 3.63) is 12.2 Å². The molecule has 0 aliphatic rings. The first-order valence-electron chi connectivity index (χ1n) is 4.50. The lowest BCUT2D eigenvalue weighted by atomic mass is 9.84. The van der Waals surface area contributed by atoms with E-state index in [-0.39, 0.29) is 11.8 Å². The van der Waals surface area contributed by atoms with Gasteiger partial charge in [0.2, 0.25) is 0 Å². The van der Waals surface area contributed by atoms with Gasteiger partial charge in [-0.05, 0) is 18.8 Å². The first-order chi connectivity index (χ1) is 5.80. The molecular formula is C10H17F3. The van der Waals surface area contributed by atoms with Crippen LogP contribution in [-0.4, -0.2) is 6.18 Å². The van der Waals surface area contributed by atoms with E-state index in [1.807, 2.05) is 19.9 Å². The zero-order chi connectivity index (χ0) is 10.6. The maximum Gasteiger partial charge on any atom is 0.391 e. The van der Waals surface area contributed by atoms with Crippen molar-refractivity contribution in [1.29, 1.82) is 0 Å². The molecule has 0 aliphatic carbocycles. The van der Waals surface area contributed by atoms with Crippen molar-refractivity contribution < 1.29 is 13.2 Å². The van der Waals surface area contributed by atoms with E-state index in [0.29, 0.717) is 0 Å². The van der Waals surface area contributed by atoms with Gasteiger partial charge in [-0.3, -0.25) is 0 Å². The third-order valence-electron chi connectivity index (χ3n) is 2.63. The van der Waals surface area contributed by atoms with Gasteiger partial charge < -0.3 is 0 Å². The van der Waals surface area contributed by atoms with Crippen molar-refractivity contribution >= 4 is 0 Å². The molecule has 0 radical (unpaired) electrons. The zero-order valence-electron chi connectivity index (χ0n) is 8.52. The highest BCUT2D eigenvalue weighted by molar-refractivity contribution is 4.88. The highest BCUT2D eigenvalue weighted by Crippen LogP contribution is 2.35. The van der Waals surface area contributed by atoms with Gasteiger partial charge in [-0.15, -0.1) is 0 Å². The maximum absolute atomic E-state index is 12.3. The van der Waals surface area contributed by atoms with Gasteiger partial charge in [0.15, 0.2) is 0 Å². The summed E-state index contributed by atoms with van der Waals surface area (Å²) in [5.74, 6) is -1.63. The van der Waals surface area contributed by atoms with E-state index in [1.54, 1.807) is 13.0 Å². The third-order valence-corrected chi connectivity index (χ3v) is 2.63. The Kier molecular flexibility index (Phi) is 4.51. The topological polar surface area (TPSA) is 0 Å². The van der Waals surface area contributed by atoms with Gasteiger partial charge in [-0.25, -0.2) is 0 Å². The summed E-state index contributed by atoms with van der Waals surface area (Å²) in [4.78, 5) is 0. The molecule has 3 heteroatoms. The zero-order valence-corrected chi connectivity index (χ0v) is 8.52. The highest BCUT2D eigenvalue weighted by Gasteiger charge is 2.40. The molecule has 13 heavy (non-hydrogen) atoms. The van der Waals surface area contributed by atoms with Crippen molar-refractivity contribution in [3.63, 3.8) is 0 Å². The smallest absolute Gasteiger partial charge is 0.171 e. The first kappa shape index (κ1) is 12.5. The minimum Gasteiger partial charge on any atom is -0.171 e. The number of allylic oxidation sites excluding steroid dienone is 2. The van der Waals surface area contributed by atoms with E-state index < -0.39 is 12.1 Å². The summed E-state index contributed by atoms with van der Waals surface area (Å²) in [5.41, 5.74) is 0. The fourth-order valence-electron chi connectivity index (χ4n) is 1.23. The Balaban J connectivity index is 4.33. The Bertz CT molecular complexity index is 169. The van der Waals surface area contributed by atoms with Crippen molar-refractivity contribution in [3.8, 4) is 0 Å². The summed E-state index contributed by atoms with van der Waals surface area (Å²) < 4.78 is 36.8. The quantitative estimate of drug-likeness (QED) is 0.595. The van der Waals surface area contributed by atoms with Gasteiger partial charge in [0.25, 0.3) is 0 Å². The fourth-order valence-corrected chi connectivity index (χ4v) is 1.23. The minimum absolute atomic E-state index is 0.0263. The van der Waals surface area contributed by atoms with Gasteiger partial charge in [0.05, 0.1) is 5.92 Å². The van der Waals surface area contributed by atoms with E-state index in [9.17, 15) is 13.2 Å². The number of hydrogen-bond donors (Lipinski definition) is 0. The molecule has 1 unspecified atom stereocenters. The summed E-state index contributed by atoms with van der Waals surface area (Å²) in [6, 6.07) is 0. The van der Waals surface area contributed by atoms with Gasteiger partial charge in [0.1, 0.15) is 0 Å². The summed E-state index contributed by atoms with van der Waals surface area (Å²) in [6.07, 6.45) is -0.466. The molecular weight excluding hydrogens is 177 g/mol. The Hall–Kier alpha value is -0.470. The molecule has 0 aliphatic heterocycles. The van der Waals surface area contributed by atoms with Crippen LogP contribution in [0.2, 0.25) is 0 Å².